The monoisotopic (exact) mass is 254 g/mol. The highest BCUT2D eigenvalue weighted by atomic mass is 16.6. The molecule has 1 aliphatic heterocycles. The molecule has 5 heteroatoms. The summed E-state index contributed by atoms with van der Waals surface area (Å²) >= 11 is 0. The number of carbonyl (C=O) groups excluding carboxylic acids is 1. The largest absolute Gasteiger partial charge is 0.444 e. The summed E-state index contributed by atoms with van der Waals surface area (Å²) in [5, 5.41) is 9.03. The van der Waals surface area contributed by atoms with Crippen LogP contribution >= 0.6 is 0 Å². The average Bonchev–Trinajstić information content (AvgIpc) is 2.53. The van der Waals surface area contributed by atoms with E-state index in [-0.39, 0.29) is 12.0 Å². The first-order chi connectivity index (χ1) is 8.22. The lowest BCUT2D eigenvalue weighted by Crippen LogP contribution is -2.49. The summed E-state index contributed by atoms with van der Waals surface area (Å²) in [5.41, 5.74) is -0.993. The van der Waals surface area contributed by atoms with E-state index in [9.17, 15) is 4.79 Å². The van der Waals surface area contributed by atoms with Gasteiger partial charge in [0.1, 0.15) is 5.60 Å². The lowest BCUT2D eigenvalue weighted by molar-refractivity contribution is -0.00567. The van der Waals surface area contributed by atoms with Crippen LogP contribution in [0.5, 0.6) is 0 Å². The Morgan fingerprint density at radius 1 is 1.56 bits per heavy atom. The van der Waals surface area contributed by atoms with Crippen LogP contribution in [0, 0.1) is 17.2 Å². The summed E-state index contributed by atoms with van der Waals surface area (Å²) in [6.07, 6.45) is 0.246. The van der Waals surface area contributed by atoms with Crippen molar-refractivity contribution in [2.45, 2.75) is 45.3 Å². The van der Waals surface area contributed by atoms with Crippen molar-refractivity contribution in [3.8, 4) is 6.07 Å². The SMILES string of the molecule is COC[C@]1(C)C[C@H](C#N)CN1C(=O)OC(C)(C)C. The summed E-state index contributed by atoms with van der Waals surface area (Å²) < 4.78 is 10.6. The third-order valence-electron chi connectivity index (χ3n) is 2.99. The third-order valence-corrected chi connectivity index (χ3v) is 2.99. The molecule has 1 rings (SSSR count). The van der Waals surface area contributed by atoms with Gasteiger partial charge in [-0.1, -0.05) is 0 Å². The van der Waals surface area contributed by atoms with E-state index in [0.29, 0.717) is 19.6 Å². The molecule has 5 nitrogen and oxygen atoms in total. The molecule has 0 aromatic heterocycles. The van der Waals surface area contributed by atoms with Gasteiger partial charge in [0, 0.05) is 13.7 Å². The molecule has 1 heterocycles. The Bertz CT molecular complexity index is 356. The molecule has 0 spiro atoms. The molecule has 2 atom stereocenters. The second-order valence-electron chi connectivity index (χ2n) is 6.05. The van der Waals surface area contributed by atoms with Crippen molar-refractivity contribution in [1.29, 1.82) is 5.26 Å². The van der Waals surface area contributed by atoms with E-state index in [0.717, 1.165) is 0 Å². The lowest BCUT2D eigenvalue weighted by Gasteiger charge is -2.35. The lowest BCUT2D eigenvalue weighted by atomic mass is 9.96. The molecule has 0 saturated carbocycles. The number of methoxy groups -OCH3 is 1. The molecular formula is C13H22N2O3. The fourth-order valence-corrected chi connectivity index (χ4v) is 2.29. The van der Waals surface area contributed by atoms with Gasteiger partial charge < -0.3 is 9.47 Å². The van der Waals surface area contributed by atoms with Gasteiger partial charge in [0.15, 0.2) is 0 Å². The van der Waals surface area contributed by atoms with Gasteiger partial charge in [0.2, 0.25) is 0 Å². The molecule has 1 saturated heterocycles. The number of nitrogens with zero attached hydrogens (tertiary/aromatic N) is 2. The van der Waals surface area contributed by atoms with Crippen LogP contribution in [0.3, 0.4) is 0 Å². The van der Waals surface area contributed by atoms with E-state index in [1.165, 1.54) is 0 Å². The fourth-order valence-electron chi connectivity index (χ4n) is 2.29. The van der Waals surface area contributed by atoms with Gasteiger partial charge in [-0.2, -0.15) is 5.26 Å². The molecule has 0 aromatic carbocycles. The second-order valence-corrected chi connectivity index (χ2v) is 6.05. The summed E-state index contributed by atoms with van der Waals surface area (Å²) in [4.78, 5) is 13.8. The van der Waals surface area contributed by atoms with Crippen molar-refractivity contribution < 1.29 is 14.3 Å². The minimum atomic E-state index is -0.532. The van der Waals surface area contributed by atoms with E-state index >= 15 is 0 Å². The standard InChI is InChI=1S/C13H22N2O3/c1-12(2,3)18-11(16)15-8-10(7-14)6-13(15,4)9-17-5/h10H,6,8-9H2,1-5H3/t10-,13+/m1/s1. The molecule has 0 radical (unpaired) electrons. The van der Waals surface area contributed by atoms with Gasteiger partial charge in [-0.3, -0.25) is 4.90 Å². The highest BCUT2D eigenvalue weighted by Crippen LogP contribution is 2.34. The van der Waals surface area contributed by atoms with Gasteiger partial charge in [0.05, 0.1) is 24.1 Å². The summed E-state index contributed by atoms with van der Waals surface area (Å²) in [7, 11) is 1.60. The van der Waals surface area contributed by atoms with Crippen LogP contribution in [0.4, 0.5) is 4.79 Å². The van der Waals surface area contributed by atoms with Gasteiger partial charge in [0.25, 0.3) is 0 Å². The van der Waals surface area contributed by atoms with Gasteiger partial charge in [-0.25, -0.2) is 4.79 Å². The van der Waals surface area contributed by atoms with Gasteiger partial charge >= 0.3 is 6.09 Å². The zero-order valence-electron chi connectivity index (χ0n) is 11.8. The van der Waals surface area contributed by atoms with E-state index < -0.39 is 11.1 Å². The molecule has 0 unspecified atom stereocenters. The summed E-state index contributed by atoms with van der Waals surface area (Å²) in [6.45, 7) is 8.23. The topological polar surface area (TPSA) is 62.6 Å². The van der Waals surface area contributed by atoms with Crippen molar-refractivity contribution in [3.05, 3.63) is 0 Å². The molecule has 102 valence electrons. The van der Waals surface area contributed by atoms with Crippen LogP contribution in [0.25, 0.3) is 0 Å². The highest BCUT2D eigenvalue weighted by molar-refractivity contribution is 5.70. The first-order valence-electron chi connectivity index (χ1n) is 6.11. The van der Waals surface area contributed by atoms with Crippen LogP contribution < -0.4 is 0 Å². The molecule has 0 N–H and O–H groups in total. The van der Waals surface area contributed by atoms with E-state index in [2.05, 4.69) is 6.07 Å². The van der Waals surface area contributed by atoms with Gasteiger partial charge in [-0.05, 0) is 34.1 Å². The minimum Gasteiger partial charge on any atom is -0.444 e. The number of ether oxygens (including phenoxy) is 2. The molecule has 0 aliphatic carbocycles. The fraction of sp³-hybridized carbons (Fsp3) is 0.846. The predicted molar refractivity (Wildman–Crippen MR) is 66.9 cm³/mol. The minimum absolute atomic E-state index is 0.155. The molecule has 1 aliphatic rings. The average molecular weight is 254 g/mol. The van der Waals surface area contributed by atoms with Crippen LogP contribution in [0.2, 0.25) is 0 Å². The number of hydrogen-bond acceptors (Lipinski definition) is 4. The zero-order valence-corrected chi connectivity index (χ0v) is 11.8. The molecule has 18 heavy (non-hydrogen) atoms. The van der Waals surface area contributed by atoms with E-state index in [1.54, 1.807) is 12.0 Å². The van der Waals surface area contributed by atoms with Crippen LogP contribution in [-0.4, -0.2) is 42.4 Å². The van der Waals surface area contributed by atoms with Crippen LogP contribution in [0.1, 0.15) is 34.1 Å². The van der Waals surface area contributed by atoms with Crippen molar-refractivity contribution in [3.63, 3.8) is 0 Å². The van der Waals surface area contributed by atoms with Crippen LogP contribution in [-0.2, 0) is 9.47 Å². The second kappa shape index (κ2) is 5.15. The first kappa shape index (κ1) is 14.8. The highest BCUT2D eigenvalue weighted by Gasteiger charge is 2.46. The van der Waals surface area contributed by atoms with Crippen LogP contribution in [0.15, 0.2) is 0 Å². The van der Waals surface area contributed by atoms with Crippen molar-refractivity contribution in [2.75, 3.05) is 20.3 Å². The smallest absolute Gasteiger partial charge is 0.410 e. The third kappa shape index (κ3) is 3.36. The summed E-state index contributed by atoms with van der Waals surface area (Å²) in [5.74, 6) is -0.155. The Kier molecular flexibility index (Phi) is 4.23. The maximum absolute atomic E-state index is 12.2. The number of rotatable bonds is 2. The Hall–Kier alpha value is -1.28. The number of nitriles is 1. The Morgan fingerprint density at radius 2 is 2.17 bits per heavy atom. The summed E-state index contributed by atoms with van der Waals surface area (Å²) in [6, 6.07) is 2.22. The predicted octanol–water partition coefficient (Wildman–Crippen LogP) is 2.17. The number of hydrogen-bond donors (Lipinski definition) is 0. The van der Waals surface area contributed by atoms with Crippen molar-refractivity contribution in [2.24, 2.45) is 5.92 Å². The Balaban J connectivity index is 2.84. The Labute approximate surface area is 109 Å². The van der Waals surface area contributed by atoms with Crippen molar-refractivity contribution in [1.82, 2.24) is 4.90 Å². The van der Waals surface area contributed by atoms with Crippen molar-refractivity contribution >= 4 is 6.09 Å². The molecular weight excluding hydrogens is 232 g/mol. The molecule has 0 bridgehead atoms. The number of carbonyl (C=O) groups is 1. The quantitative estimate of drug-likeness (QED) is 0.757. The van der Waals surface area contributed by atoms with Gasteiger partial charge in [-0.15, -0.1) is 0 Å². The molecule has 1 amide bonds. The Morgan fingerprint density at radius 3 is 2.61 bits per heavy atom. The van der Waals surface area contributed by atoms with E-state index in [1.807, 2.05) is 27.7 Å². The maximum Gasteiger partial charge on any atom is 0.410 e. The van der Waals surface area contributed by atoms with E-state index in [4.69, 9.17) is 14.7 Å². The molecule has 0 aromatic rings. The zero-order chi connectivity index (χ0) is 14.0. The number of likely N-dealkylation sites (tertiary alicyclic amines) is 1. The normalized spacial score (nSPS) is 28.0. The maximum atomic E-state index is 12.2. The first-order valence-corrected chi connectivity index (χ1v) is 6.11. The molecule has 1 fully saturated rings. The number of amides is 1.